The van der Waals surface area contributed by atoms with Crippen LogP contribution in [0.5, 0.6) is 0 Å². The molecule has 0 atom stereocenters. The van der Waals surface area contributed by atoms with E-state index in [1.807, 2.05) is 62.2 Å². The van der Waals surface area contributed by atoms with Crippen LogP contribution >= 0.6 is 0 Å². The number of rotatable bonds is 5. The molecule has 0 unspecified atom stereocenters. The highest BCUT2D eigenvalue weighted by Crippen LogP contribution is 2.09. The van der Waals surface area contributed by atoms with Crippen molar-refractivity contribution in [3.63, 3.8) is 0 Å². The molecule has 0 radical (unpaired) electrons. The number of aromatic nitrogens is 2. The number of hydrogen-bond donors (Lipinski definition) is 1. The second kappa shape index (κ2) is 7.49. The van der Waals surface area contributed by atoms with Crippen molar-refractivity contribution in [3.8, 4) is 0 Å². The second-order valence-electron chi connectivity index (χ2n) is 6.61. The Morgan fingerprint density at radius 2 is 1.81 bits per heavy atom. The average Bonchev–Trinajstić information content (AvgIpc) is 2.57. The van der Waals surface area contributed by atoms with Gasteiger partial charge in [0.1, 0.15) is 5.65 Å². The van der Waals surface area contributed by atoms with Crippen molar-refractivity contribution < 1.29 is 4.79 Å². The van der Waals surface area contributed by atoms with E-state index < -0.39 is 0 Å². The Hall–Kier alpha value is -2.99. The van der Waals surface area contributed by atoms with Gasteiger partial charge in [-0.15, -0.1) is 0 Å². The first-order valence-electron chi connectivity index (χ1n) is 8.45. The molecular formula is C20H22N4O2. The van der Waals surface area contributed by atoms with E-state index >= 15 is 0 Å². The van der Waals surface area contributed by atoms with Crippen molar-refractivity contribution in [3.05, 3.63) is 75.8 Å². The maximum atomic E-state index is 12.2. The van der Waals surface area contributed by atoms with E-state index in [1.54, 1.807) is 6.20 Å². The number of benzene rings is 1. The lowest BCUT2D eigenvalue weighted by Gasteiger charge is -2.16. The zero-order valence-corrected chi connectivity index (χ0v) is 15.2. The van der Waals surface area contributed by atoms with Crippen LogP contribution in [0.15, 0.2) is 53.5 Å². The smallest absolute Gasteiger partial charge is 0.258 e. The normalized spacial score (nSPS) is 11.1. The summed E-state index contributed by atoms with van der Waals surface area (Å²) in [7, 11) is 1.83. The lowest BCUT2D eigenvalue weighted by atomic mass is 10.2. The molecule has 0 aliphatic carbocycles. The van der Waals surface area contributed by atoms with Crippen molar-refractivity contribution in [2.45, 2.75) is 20.4 Å². The molecule has 6 nitrogen and oxygen atoms in total. The van der Waals surface area contributed by atoms with E-state index in [0.717, 1.165) is 16.8 Å². The van der Waals surface area contributed by atoms with Gasteiger partial charge in [-0.05, 0) is 44.7 Å². The van der Waals surface area contributed by atoms with Crippen LogP contribution in [0.1, 0.15) is 16.8 Å². The van der Waals surface area contributed by atoms with Gasteiger partial charge in [0.15, 0.2) is 0 Å². The fraction of sp³-hybridized carbons (Fsp3) is 0.250. The van der Waals surface area contributed by atoms with Crippen LogP contribution in [0.4, 0.5) is 5.69 Å². The molecule has 0 aliphatic rings. The van der Waals surface area contributed by atoms with Crippen molar-refractivity contribution in [1.82, 2.24) is 14.3 Å². The minimum absolute atomic E-state index is 0.107. The first-order valence-corrected chi connectivity index (χ1v) is 8.45. The minimum atomic E-state index is -0.119. The highest BCUT2D eigenvalue weighted by Gasteiger charge is 2.10. The molecule has 0 saturated carbocycles. The zero-order chi connectivity index (χ0) is 18.7. The highest BCUT2D eigenvalue weighted by molar-refractivity contribution is 5.92. The molecule has 3 rings (SSSR count). The summed E-state index contributed by atoms with van der Waals surface area (Å²) in [6.07, 6.45) is 1.77. The molecule has 1 aromatic carbocycles. The number of carbonyl (C=O) groups excluding carboxylic acids is 1. The van der Waals surface area contributed by atoms with Gasteiger partial charge in [0.2, 0.25) is 5.91 Å². The summed E-state index contributed by atoms with van der Waals surface area (Å²) in [4.78, 5) is 30.8. The summed E-state index contributed by atoms with van der Waals surface area (Å²) in [6.45, 7) is 4.56. The van der Waals surface area contributed by atoms with Crippen LogP contribution in [0, 0.1) is 13.8 Å². The number of hydrogen-bond acceptors (Lipinski definition) is 4. The number of aryl methyl sites for hydroxylation is 2. The Labute approximate surface area is 152 Å². The fourth-order valence-electron chi connectivity index (χ4n) is 2.75. The van der Waals surface area contributed by atoms with E-state index in [2.05, 4.69) is 10.3 Å². The number of nitrogens with zero attached hydrogens (tertiary/aromatic N) is 3. The van der Waals surface area contributed by atoms with Crippen molar-refractivity contribution in [1.29, 1.82) is 0 Å². The first kappa shape index (κ1) is 17.8. The summed E-state index contributed by atoms with van der Waals surface area (Å²) in [6, 6.07) is 12.9. The van der Waals surface area contributed by atoms with Crippen LogP contribution in [-0.4, -0.2) is 33.8 Å². The number of anilines is 1. The Morgan fingerprint density at radius 1 is 1.12 bits per heavy atom. The van der Waals surface area contributed by atoms with Gasteiger partial charge >= 0.3 is 0 Å². The standard InChI is InChI=1S/C20H22N4O2/c1-14-4-7-16(8-5-14)22-19(25)13-23(3)12-17-10-20(26)24-11-15(2)6-9-18(24)21-17/h4-11H,12-13H2,1-3H3,(H,22,25). The third-order valence-corrected chi connectivity index (χ3v) is 4.04. The minimum Gasteiger partial charge on any atom is -0.325 e. The lowest BCUT2D eigenvalue weighted by Crippen LogP contribution is -2.30. The van der Waals surface area contributed by atoms with Gasteiger partial charge in [-0.1, -0.05) is 23.8 Å². The maximum absolute atomic E-state index is 12.2. The number of carbonyl (C=O) groups is 1. The molecule has 1 amide bonds. The quantitative estimate of drug-likeness (QED) is 0.767. The van der Waals surface area contributed by atoms with Gasteiger partial charge in [0, 0.05) is 24.5 Å². The Morgan fingerprint density at radius 3 is 2.54 bits per heavy atom. The summed E-state index contributed by atoms with van der Waals surface area (Å²) < 4.78 is 1.53. The van der Waals surface area contributed by atoms with E-state index in [9.17, 15) is 9.59 Å². The van der Waals surface area contributed by atoms with E-state index in [1.165, 1.54) is 10.5 Å². The number of fused-ring (bicyclic) bond motifs is 1. The average molecular weight is 350 g/mol. The summed E-state index contributed by atoms with van der Waals surface area (Å²) in [5.74, 6) is -0.107. The van der Waals surface area contributed by atoms with Crippen LogP contribution in [-0.2, 0) is 11.3 Å². The molecule has 3 aromatic rings. The van der Waals surface area contributed by atoms with E-state index in [0.29, 0.717) is 17.9 Å². The summed E-state index contributed by atoms with van der Waals surface area (Å²) in [5.41, 5.74) is 4.04. The van der Waals surface area contributed by atoms with Crippen molar-refractivity contribution >= 4 is 17.2 Å². The van der Waals surface area contributed by atoms with Crippen LogP contribution < -0.4 is 10.9 Å². The van der Waals surface area contributed by atoms with Gasteiger partial charge in [-0.2, -0.15) is 0 Å². The Bertz CT molecular complexity index is 993. The second-order valence-corrected chi connectivity index (χ2v) is 6.61. The third-order valence-electron chi connectivity index (χ3n) is 4.04. The predicted molar refractivity (Wildman–Crippen MR) is 102 cm³/mol. The molecular weight excluding hydrogens is 328 g/mol. The largest absolute Gasteiger partial charge is 0.325 e. The number of likely N-dealkylation sites (N-methyl/N-ethyl adjacent to an activating group) is 1. The van der Waals surface area contributed by atoms with Gasteiger partial charge in [0.05, 0.1) is 12.2 Å². The molecule has 26 heavy (non-hydrogen) atoms. The van der Waals surface area contributed by atoms with Crippen LogP contribution in [0.3, 0.4) is 0 Å². The SMILES string of the molecule is Cc1ccc(NC(=O)CN(C)Cc2cc(=O)n3cc(C)ccc3n2)cc1. The van der Waals surface area contributed by atoms with Gasteiger partial charge in [-0.25, -0.2) is 4.98 Å². The lowest BCUT2D eigenvalue weighted by molar-refractivity contribution is -0.117. The zero-order valence-electron chi connectivity index (χ0n) is 15.2. The predicted octanol–water partition coefficient (Wildman–Crippen LogP) is 2.38. The third kappa shape index (κ3) is 4.34. The molecule has 2 aromatic heterocycles. The number of nitrogens with one attached hydrogen (secondary N) is 1. The number of pyridine rings is 1. The van der Waals surface area contributed by atoms with Crippen molar-refractivity contribution in [2.75, 3.05) is 18.9 Å². The van der Waals surface area contributed by atoms with E-state index in [4.69, 9.17) is 0 Å². The molecule has 0 saturated heterocycles. The fourth-order valence-corrected chi connectivity index (χ4v) is 2.75. The molecule has 134 valence electrons. The molecule has 0 spiro atoms. The monoisotopic (exact) mass is 350 g/mol. The van der Waals surface area contributed by atoms with E-state index in [-0.39, 0.29) is 18.0 Å². The maximum Gasteiger partial charge on any atom is 0.258 e. The Balaban J connectivity index is 1.65. The molecule has 0 fully saturated rings. The topological polar surface area (TPSA) is 66.7 Å². The molecule has 0 bridgehead atoms. The summed E-state index contributed by atoms with van der Waals surface area (Å²) >= 11 is 0. The highest BCUT2D eigenvalue weighted by atomic mass is 16.2. The molecule has 6 heteroatoms. The first-order chi connectivity index (χ1) is 12.4. The summed E-state index contributed by atoms with van der Waals surface area (Å²) in [5, 5.41) is 2.87. The van der Waals surface area contributed by atoms with Gasteiger partial charge in [0.25, 0.3) is 5.56 Å². The molecule has 1 N–H and O–H groups in total. The van der Waals surface area contributed by atoms with Crippen LogP contribution in [0.2, 0.25) is 0 Å². The van der Waals surface area contributed by atoms with Crippen LogP contribution in [0.25, 0.3) is 5.65 Å². The Kier molecular flexibility index (Phi) is 5.14. The van der Waals surface area contributed by atoms with Crippen molar-refractivity contribution in [2.24, 2.45) is 0 Å². The molecule has 2 heterocycles. The number of amides is 1. The molecule has 0 aliphatic heterocycles. The van der Waals surface area contributed by atoms with Gasteiger partial charge in [-0.3, -0.25) is 18.9 Å². The van der Waals surface area contributed by atoms with Gasteiger partial charge < -0.3 is 5.32 Å².